The first-order chi connectivity index (χ1) is 13.5. The molecule has 2 heterocycles. The second-order valence-electron chi connectivity index (χ2n) is 7.20. The SMILES string of the molecule is C/C(=C1/S/C(=N/c2nc(C)cs2)N(C2CCCCC2)C1=O)c1ccc(Cl)cc1. The molecule has 1 aliphatic carbocycles. The number of hydrogen-bond donors (Lipinski definition) is 0. The van der Waals surface area contributed by atoms with Crippen molar-refractivity contribution in [3.63, 3.8) is 0 Å². The lowest BCUT2D eigenvalue weighted by atomic mass is 9.94. The number of thioether (sulfide) groups is 1. The van der Waals surface area contributed by atoms with Crippen LogP contribution in [-0.2, 0) is 4.79 Å². The zero-order chi connectivity index (χ0) is 19.7. The van der Waals surface area contributed by atoms with Gasteiger partial charge in [0.25, 0.3) is 5.91 Å². The predicted octanol–water partition coefficient (Wildman–Crippen LogP) is 6.43. The number of amidine groups is 1. The van der Waals surface area contributed by atoms with Crippen molar-refractivity contribution in [3.8, 4) is 0 Å². The van der Waals surface area contributed by atoms with Gasteiger partial charge in [-0.15, -0.1) is 11.3 Å². The molecule has 146 valence electrons. The normalized spacial score (nSPS) is 21.6. The largest absolute Gasteiger partial charge is 0.283 e. The van der Waals surface area contributed by atoms with Gasteiger partial charge in [0.05, 0.1) is 10.6 Å². The van der Waals surface area contributed by atoms with E-state index in [1.165, 1.54) is 29.5 Å². The predicted molar refractivity (Wildman–Crippen MR) is 119 cm³/mol. The van der Waals surface area contributed by atoms with Gasteiger partial charge in [0.15, 0.2) is 5.17 Å². The minimum Gasteiger partial charge on any atom is -0.283 e. The van der Waals surface area contributed by atoms with E-state index in [-0.39, 0.29) is 11.9 Å². The monoisotopic (exact) mass is 431 g/mol. The summed E-state index contributed by atoms with van der Waals surface area (Å²) in [4.78, 5) is 25.3. The number of carbonyl (C=O) groups is 1. The van der Waals surface area contributed by atoms with Gasteiger partial charge in [0, 0.05) is 16.4 Å². The van der Waals surface area contributed by atoms with Crippen molar-refractivity contribution >= 4 is 56.5 Å². The fourth-order valence-electron chi connectivity index (χ4n) is 3.66. The average molecular weight is 432 g/mol. The summed E-state index contributed by atoms with van der Waals surface area (Å²) in [5, 5.41) is 4.15. The Balaban J connectivity index is 1.73. The molecule has 0 unspecified atom stereocenters. The highest BCUT2D eigenvalue weighted by Crippen LogP contribution is 2.41. The Hall–Kier alpha value is -1.63. The molecule has 4 rings (SSSR count). The van der Waals surface area contributed by atoms with Crippen LogP contribution in [0.15, 0.2) is 39.5 Å². The van der Waals surface area contributed by atoms with Crippen molar-refractivity contribution in [3.05, 3.63) is 50.8 Å². The molecule has 0 N–H and O–H groups in total. The lowest BCUT2D eigenvalue weighted by molar-refractivity contribution is -0.124. The number of rotatable bonds is 3. The number of aliphatic imine (C=N–C) groups is 1. The van der Waals surface area contributed by atoms with Gasteiger partial charge in [0.1, 0.15) is 0 Å². The van der Waals surface area contributed by atoms with Crippen molar-refractivity contribution in [2.24, 2.45) is 4.99 Å². The smallest absolute Gasteiger partial charge is 0.267 e. The summed E-state index contributed by atoms with van der Waals surface area (Å²) in [6.45, 7) is 3.96. The molecular formula is C21H22ClN3OS2. The number of aryl methyl sites for hydroxylation is 1. The molecule has 28 heavy (non-hydrogen) atoms. The van der Waals surface area contributed by atoms with E-state index in [4.69, 9.17) is 16.6 Å². The summed E-state index contributed by atoms with van der Waals surface area (Å²) in [6.07, 6.45) is 5.65. The van der Waals surface area contributed by atoms with E-state index in [0.29, 0.717) is 10.2 Å². The van der Waals surface area contributed by atoms with E-state index in [0.717, 1.165) is 52.6 Å². The van der Waals surface area contributed by atoms with Crippen LogP contribution in [0.2, 0.25) is 5.02 Å². The van der Waals surface area contributed by atoms with Gasteiger partial charge in [-0.3, -0.25) is 9.69 Å². The van der Waals surface area contributed by atoms with Crippen LogP contribution in [0.5, 0.6) is 0 Å². The van der Waals surface area contributed by atoms with Crippen LogP contribution in [-0.4, -0.2) is 27.0 Å². The Morgan fingerprint density at radius 1 is 1.21 bits per heavy atom. The highest BCUT2D eigenvalue weighted by Gasteiger charge is 2.40. The minimum atomic E-state index is 0.0661. The fourth-order valence-corrected chi connectivity index (χ4v) is 5.61. The molecule has 0 atom stereocenters. The van der Waals surface area contributed by atoms with Gasteiger partial charge >= 0.3 is 0 Å². The molecule has 2 aromatic rings. The van der Waals surface area contributed by atoms with E-state index in [9.17, 15) is 4.79 Å². The quantitative estimate of drug-likeness (QED) is 0.526. The maximum atomic E-state index is 13.4. The van der Waals surface area contributed by atoms with E-state index in [1.54, 1.807) is 0 Å². The van der Waals surface area contributed by atoms with Crippen LogP contribution < -0.4 is 0 Å². The Morgan fingerprint density at radius 2 is 1.93 bits per heavy atom. The third kappa shape index (κ3) is 4.04. The molecule has 1 aromatic carbocycles. The van der Waals surface area contributed by atoms with E-state index in [1.807, 2.05) is 48.4 Å². The summed E-state index contributed by atoms with van der Waals surface area (Å²) in [6, 6.07) is 7.87. The molecule has 0 spiro atoms. The zero-order valence-electron chi connectivity index (χ0n) is 15.9. The number of halogens is 1. The fraction of sp³-hybridized carbons (Fsp3) is 0.381. The first-order valence-electron chi connectivity index (χ1n) is 9.52. The Labute approximate surface area is 178 Å². The first kappa shape index (κ1) is 19.7. The molecule has 1 aromatic heterocycles. The van der Waals surface area contributed by atoms with Crippen LogP contribution in [0.4, 0.5) is 5.13 Å². The molecule has 2 aliphatic rings. The molecule has 0 radical (unpaired) electrons. The number of nitrogens with zero attached hydrogens (tertiary/aromatic N) is 3. The topological polar surface area (TPSA) is 45.6 Å². The number of aromatic nitrogens is 1. The van der Waals surface area contributed by atoms with Crippen molar-refractivity contribution in [1.29, 1.82) is 0 Å². The number of carbonyl (C=O) groups excluding carboxylic acids is 1. The summed E-state index contributed by atoms with van der Waals surface area (Å²) < 4.78 is 0. The Kier molecular flexibility index (Phi) is 5.90. The third-order valence-electron chi connectivity index (χ3n) is 5.17. The first-order valence-corrected chi connectivity index (χ1v) is 11.6. The highest BCUT2D eigenvalue weighted by molar-refractivity contribution is 8.18. The van der Waals surface area contributed by atoms with E-state index < -0.39 is 0 Å². The molecule has 1 aliphatic heterocycles. The Bertz CT molecular complexity index is 943. The van der Waals surface area contributed by atoms with Crippen LogP contribution in [0.25, 0.3) is 5.57 Å². The number of thiazole rings is 1. The van der Waals surface area contributed by atoms with Crippen LogP contribution in [0, 0.1) is 6.92 Å². The molecule has 1 saturated carbocycles. The summed E-state index contributed by atoms with van der Waals surface area (Å²) in [5.41, 5.74) is 2.93. The molecule has 7 heteroatoms. The standard InChI is InChI=1S/C21H22ClN3OS2/c1-13-12-27-20(23-13)24-21-25(17-6-4-3-5-7-17)19(26)18(28-21)14(2)15-8-10-16(22)11-9-15/h8-12,17H,3-7H2,1-2H3/b18-14-,24-21+. The molecule has 1 saturated heterocycles. The third-order valence-corrected chi connectivity index (χ3v) is 7.43. The molecule has 4 nitrogen and oxygen atoms in total. The van der Waals surface area contributed by atoms with Crippen molar-refractivity contribution in [2.75, 3.05) is 0 Å². The maximum Gasteiger partial charge on any atom is 0.267 e. The zero-order valence-corrected chi connectivity index (χ0v) is 18.3. The summed E-state index contributed by atoms with van der Waals surface area (Å²) in [7, 11) is 0. The number of hydrogen-bond acceptors (Lipinski definition) is 5. The highest BCUT2D eigenvalue weighted by atomic mass is 35.5. The van der Waals surface area contributed by atoms with Crippen molar-refractivity contribution < 1.29 is 4.79 Å². The van der Waals surface area contributed by atoms with Crippen molar-refractivity contribution in [2.45, 2.75) is 52.0 Å². The van der Waals surface area contributed by atoms with Gasteiger partial charge in [0.2, 0.25) is 5.13 Å². The molecule has 2 fully saturated rings. The number of amides is 1. The number of benzene rings is 1. The van der Waals surface area contributed by atoms with Gasteiger partial charge in [-0.25, -0.2) is 4.98 Å². The van der Waals surface area contributed by atoms with E-state index >= 15 is 0 Å². The van der Waals surface area contributed by atoms with Crippen LogP contribution in [0.3, 0.4) is 0 Å². The van der Waals surface area contributed by atoms with Gasteiger partial charge < -0.3 is 0 Å². The second-order valence-corrected chi connectivity index (χ2v) is 9.45. The van der Waals surface area contributed by atoms with Gasteiger partial charge in [-0.05, 0) is 61.7 Å². The van der Waals surface area contributed by atoms with Crippen LogP contribution >= 0.6 is 34.7 Å². The Morgan fingerprint density at radius 3 is 2.57 bits per heavy atom. The summed E-state index contributed by atoms with van der Waals surface area (Å²) >= 11 is 9.01. The molecule has 1 amide bonds. The summed E-state index contributed by atoms with van der Waals surface area (Å²) in [5.74, 6) is 0.0661. The average Bonchev–Trinajstić information content (AvgIpc) is 3.25. The van der Waals surface area contributed by atoms with Crippen LogP contribution in [0.1, 0.15) is 50.3 Å². The van der Waals surface area contributed by atoms with Crippen molar-refractivity contribution in [1.82, 2.24) is 9.88 Å². The molecular weight excluding hydrogens is 410 g/mol. The van der Waals surface area contributed by atoms with Gasteiger partial charge in [-0.2, -0.15) is 4.99 Å². The van der Waals surface area contributed by atoms with Gasteiger partial charge in [-0.1, -0.05) is 43.0 Å². The van der Waals surface area contributed by atoms with E-state index in [2.05, 4.69) is 4.98 Å². The minimum absolute atomic E-state index is 0.0661. The maximum absolute atomic E-state index is 13.4. The second kappa shape index (κ2) is 8.39. The number of allylic oxidation sites excluding steroid dienone is 1. The lowest BCUT2D eigenvalue weighted by Crippen LogP contribution is -2.40. The molecule has 0 bridgehead atoms. The lowest BCUT2D eigenvalue weighted by Gasteiger charge is -2.30.